The van der Waals surface area contributed by atoms with Crippen LogP contribution in [0.5, 0.6) is 11.5 Å². The Hall–Kier alpha value is -2.94. The van der Waals surface area contributed by atoms with Gasteiger partial charge in [-0.05, 0) is 70.9 Å². The third-order valence-electron chi connectivity index (χ3n) is 5.48. The molecule has 0 atom stereocenters. The molecule has 0 bridgehead atoms. The maximum Gasteiger partial charge on any atom is 0.224 e. The number of hydrogen-bond donors (Lipinski definition) is 3. The Morgan fingerprint density at radius 3 is 2.47 bits per heavy atom. The highest BCUT2D eigenvalue weighted by atomic mass is 35.5. The molecule has 0 radical (unpaired) electrons. The summed E-state index contributed by atoms with van der Waals surface area (Å²) < 4.78 is 28.1. The lowest BCUT2D eigenvalue weighted by Gasteiger charge is -2.17. The van der Waals surface area contributed by atoms with E-state index in [-0.39, 0.29) is 34.6 Å². The third-order valence-corrected chi connectivity index (χ3v) is 6.00. The predicted molar refractivity (Wildman–Crippen MR) is 140 cm³/mol. The fourth-order valence-corrected chi connectivity index (χ4v) is 4.15. The lowest BCUT2D eigenvalue weighted by Crippen LogP contribution is -2.22. The highest BCUT2D eigenvalue weighted by molar-refractivity contribution is 6.32. The summed E-state index contributed by atoms with van der Waals surface area (Å²) in [6, 6.07) is 7.92. The van der Waals surface area contributed by atoms with E-state index in [2.05, 4.69) is 5.10 Å². The fourth-order valence-electron chi connectivity index (χ4n) is 3.69. The van der Waals surface area contributed by atoms with Gasteiger partial charge < -0.3 is 14.6 Å². The Balaban J connectivity index is 1.74. The molecule has 10 heteroatoms. The van der Waals surface area contributed by atoms with Gasteiger partial charge in [0.05, 0.1) is 28.3 Å². The zero-order valence-corrected chi connectivity index (χ0v) is 22.3. The van der Waals surface area contributed by atoms with E-state index in [9.17, 15) is 5.11 Å². The predicted octanol–water partition coefficient (Wildman–Crippen LogP) is 6.77. The van der Waals surface area contributed by atoms with E-state index in [0.29, 0.717) is 40.7 Å². The zero-order chi connectivity index (χ0) is 26.8. The Kier molecular flexibility index (Phi) is 8.44. The van der Waals surface area contributed by atoms with E-state index in [4.69, 9.17) is 43.5 Å². The molecule has 0 saturated heterocycles. The van der Waals surface area contributed by atoms with Crippen LogP contribution >= 0.6 is 23.2 Å². The monoisotopic (exact) mass is 534 g/mol. The van der Waals surface area contributed by atoms with Crippen molar-refractivity contribution in [1.29, 1.82) is 10.8 Å². The Morgan fingerprint density at radius 2 is 1.83 bits per heavy atom. The van der Waals surface area contributed by atoms with Gasteiger partial charge in [0, 0.05) is 22.8 Å². The maximum atomic E-state index is 15.3. The fraction of sp³-hybridized carbons (Fsp3) is 0.346. The van der Waals surface area contributed by atoms with E-state index in [1.807, 2.05) is 6.92 Å². The molecule has 36 heavy (non-hydrogen) atoms. The first kappa shape index (κ1) is 27.6. The third kappa shape index (κ3) is 6.84. The van der Waals surface area contributed by atoms with Crippen LogP contribution < -0.4 is 4.74 Å². The second-order valence-corrected chi connectivity index (χ2v) is 10.1. The first-order chi connectivity index (χ1) is 16.7. The molecule has 0 aliphatic carbocycles. The molecule has 3 rings (SSSR count). The molecule has 7 nitrogen and oxygen atoms in total. The molecule has 0 aliphatic rings. The van der Waals surface area contributed by atoms with Crippen molar-refractivity contribution in [2.75, 3.05) is 0 Å². The van der Waals surface area contributed by atoms with Crippen LogP contribution in [0.15, 0.2) is 30.3 Å². The smallest absolute Gasteiger partial charge is 0.224 e. The number of aryl methyl sites for hydroxylation is 3. The van der Waals surface area contributed by atoms with Gasteiger partial charge in [-0.2, -0.15) is 5.10 Å². The molecule has 0 spiro atoms. The molecule has 0 amide bonds. The number of ether oxygens (including phenoxy) is 2. The van der Waals surface area contributed by atoms with Crippen LogP contribution in [0.3, 0.4) is 0 Å². The van der Waals surface area contributed by atoms with Crippen molar-refractivity contribution in [1.82, 2.24) is 9.78 Å². The maximum absolute atomic E-state index is 15.3. The van der Waals surface area contributed by atoms with Gasteiger partial charge in [0.2, 0.25) is 5.90 Å². The Labute approximate surface area is 219 Å². The molecule has 0 unspecified atom stereocenters. The normalized spacial score (nSPS) is 11.5. The van der Waals surface area contributed by atoms with Gasteiger partial charge in [-0.1, -0.05) is 29.3 Å². The average molecular weight is 535 g/mol. The summed E-state index contributed by atoms with van der Waals surface area (Å²) in [5.41, 5.74) is 1.81. The molecule has 1 heterocycles. The minimum atomic E-state index is -0.852. The van der Waals surface area contributed by atoms with E-state index >= 15 is 4.39 Å². The van der Waals surface area contributed by atoms with Crippen LogP contribution in [-0.2, 0) is 17.7 Å². The number of rotatable bonds is 8. The van der Waals surface area contributed by atoms with Crippen molar-refractivity contribution >= 4 is 35.0 Å². The Morgan fingerprint density at radius 1 is 1.14 bits per heavy atom. The number of aromatic nitrogens is 2. The summed E-state index contributed by atoms with van der Waals surface area (Å²) in [7, 11) is 0. The van der Waals surface area contributed by atoms with Gasteiger partial charge >= 0.3 is 0 Å². The largest absolute Gasteiger partial charge is 0.453 e. The van der Waals surface area contributed by atoms with E-state index in [1.165, 1.54) is 12.1 Å². The minimum absolute atomic E-state index is 0.0683. The Bertz CT molecular complexity index is 1300. The van der Waals surface area contributed by atoms with Gasteiger partial charge in [-0.3, -0.25) is 15.5 Å². The number of nitrogens with one attached hydrogen (secondary N) is 2. The molecule has 192 valence electrons. The summed E-state index contributed by atoms with van der Waals surface area (Å²) in [4.78, 5) is 0. The van der Waals surface area contributed by atoms with E-state index in [0.717, 1.165) is 5.56 Å². The molecule has 0 aliphatic heterocycles. The minimum Gasteiger partial charge on any atom is -0.453 e. The quantitative estimate of drug-likeness (QED) is 0.219. The molecule has 0 saturated carbocycles. The highest BCUT2D eigenvalue weighted by Crippen LogP contribution is 2.35. The number of halogens is 3. The number of aliphatic hydroxyl groups is 1. The average Bonchev–Trinajstić information content (AvgIpc) is 3.03. The first-order valence-corrected chi connectivity index (χ1v) is 12.0. The van der Waals surface area contributed by atoms with Crippen LogP contribution in [0, 0.1) is 37.4 Å². The lowest BCUT2D eigenvalue weighted by molar-refractivity contribution is 0.0649. The topological polar surface area (TPSA) is 104 Å². The van der Waals surface area contributed by atoms with Crippen LogP contribution in [0.2, 0.25) is 10.0 Å². The van der Waals surface area contributed by atoms with Gasteiger partial charge in [0.15, 0.2) is 17.5 Å². The van der Waals surface area contributed by atoms with Crippen molar-refractivity contribution < 1.29 is 19.0 Å². The molecule has 2 aromatic carbocycles. The second-order valence-electron chi connectivity index (χ2n) is 9.28. The van der Waals surface area contributed by atoms with Crippen LogP contribution in [0.25, 0.3) is 0 Å². The van der Waals surface area contributed by atoms with E-state index < -0.39 is 11.4 Å². The SMILES string of the molecule is Cc1cc(Cl)cc(Oc2c(Cl)ccc(CC(=N)OC(=N)c3c(C)nn(CCC(C)(C)O)c3C)c2F)c1. The summed E-state index contributed by atoms with van der Waals surface area (Å²) in [5.74, 6) is -1.16. The van der Waals surface area contributed by atoms with Crippen molar-refractivity contribution in [2.24, 2.45) is 0 Å². The van der Waals surface area contributed by atoms with Crippen molar-refractivity contribution in [2.45, 2.75) is 59.6 Å². The van der Waals surface area contributed by atoms with E-state index in [1.54, 1.807) is 50.6 Å². The van der Waals surface area contributed by atoms with Crippen LogP contribution in [0.1, 0.15) is 48.3 Å². The second kappa shape index (κ2) is 11.0. The number of nitrogens with zero attached hydrogens (tertiary/aromatic N) is 2. The van der Waals surface area contributed by atoms with Gasteiger partial charge in [-0.15, -0.1) is 0 Å². The van der Waals surface area contributed by atoms with Crippen molar-refractivity contribution in [3.63, 3.8) is 0 Å². The van der Waals surface area contributed by atoms with Crippen LogP contribution in [-0.4, -0.2) is 32.3 Å². The van der Waals surface area contributed by atoms with Crippen molar-refractivity contribution in [3.05, 3.63) is 74.3 Å². The molecule has 3 aromatic rings. The number of benzene rings is 2. The molecule has 0 fully saturated rings. The molecular weight excluding hydrogens is 506 g/mol. The molecule has 3 N–H and O–H groups in total. The van der Waals surface area contributed by atoms with Crippen molar-refractivity contribution in [3.8, 4) is 11.5 Å². The summed E-state index contributed by atoms with van der Waals surface area (Å²) in [5, 5.41) is 31.5. The summed E-state index contributed by atoms with van der Waals surface area (Å²) >= 11 is 12.2. The standard InChI is InChI=1S/C26H29Cl2FN4O3/c1-14-10-18(27)13-19(11-14)35-24-20(28)7-6-17(23(24)29)12-21(30)36-25(31)22-15(2)32-33(16(22)3)9-8-26(4,5)34/h6-7,10-11,13,30-31,34H,8-9,12H2,1-5H3. The van der Waals surface area contributed by atoms with Gasteiger partial charge in [0.1, 0.15) is 5.75 Å². The molecular formula is C26H29Cl2FN4O3. The van der Waals surface area contributed by atoms with Gasteiger partial charge in [0.25, 0.3) is 0 Å². The summed E-state index contributed by atoms with van der Waals surface area (Å²) in [6.07, 6.45) is 0.259. The van der Waals surface area contributed by atoms with Gasteiger partial charge in [-0.25, -0.2) is 4.39 Å². The lowest BCUT2D eigenvalue weighted by atomic mass is 10.1. The number of hydrogen-bond acceptors (Lipinski definition) is 6. The summed E-state index contributed by atoms with van der Waals surface area (Å²) in [6.45, 7) is 9.27. The first-order valence-electron chi connectivity index (χ1n) is 11.3. The molecule has 1 aromatic heterocycles. The highest BCUT2D eigenvalue weighted by Gasteiger charge is 2.22. The van der Waals surface area contributed by atoms with Crippen LogP contribution in [0.4, 0.5) is 4.39 Å². The zero-order valence-electron chi connectivity index (χ0n) is 20.8.